The van der Waals surface area contributed by atoms with Crippen LogP contribution in [0.1, 0.15) is 0 Å². The van der Waals surface area contributed by atoms with E-state index >= 15 is 0 Å². The molecule has 0 saturated carbocycles. The molecule has 0 unspecified atom stereocenters. The van der Waals surface area contributed by atoms with Gasteiger partial charge in [0.2, 0.25) is 0 Å². The minimum atomic E-state index is -3.71. The van der Waals surface area contributed by atoms with Gasteiger partial charge in [-0.05, 0) is 18.2 Å². The summed E-state index contributed by atoms with van der Waals surface area (Å²) in [5, 5.41) is 18.0. The first kappa shape index (κ1) is 13.5. The lowest BCUT2D eigenvalue weighted by Crippen LogP contribution is -2.30. The summed E-state index contributed by atoms with van der Waals surface area (Å²) in [6.07, 6.45) is 2.53. The minimum absolute atomic E-state index is 0.105. The van der Waals surface area contributed by atoms with E-state index in [4.69, 9.17) is 10.0 Å². The van der Waals surface area contributed by atoms with Crippen molar-refractivity contribution in [2.45, 2.75) is 4.90 Å². The fourth-order valence-electron chi connectivity index (χ4n) is 1.47. The van der Waals surface area contributed by atoms with Gasteiger partial charge in [-0.2, -0.15) is 0 Å². The molecule has 8 heteroatoms. The van der Waals surface area contributed by atoms with Gasteiger partial charge in [-0.15, -0.1) is 0 Å². The van der Waals surface area contributed by atoms with Crippen LogP contribution in [0.4, 0.5) is 5.69 Å². The van der Waals surface area contributed by atoms with Crippen LogP contribution in [-0.4, -0.2) is 30.6 Å². The van der Waals surface area contributed by atoms with Gasteiger partial charge in [0.25, 0.3) is 10.0 Å². The van der Waals surface area contributed by atoms with Gasteiger partial charge in [-0.3, -0.25) is 9.71 Å². The van der Waals surface area contributed by atoms with Crippen molar-refractivity contribution < 1.29 is 18.5 Å². The van der Waals surface area contributed by atoms with Crippen LogP contribution in [0.15, 0.2) is 53.7 Å². The summed E-state index contributed by atoms with van der Waals surface area (Å²) in [6.45, 7) is 0. The molecule has 0 radical (unpaired) electrons. The molecule has 0 spiro atoms. The SMILES string of the molecule is O=S(=O)(Nc1cncc(B(O)O)c1)c1ccccc1. The Kier molecular flexibility index (Phi) is 3.84. The van der Waals surface area contributed by atoms with E-state index in [9.17, 15) is 8.42 Å². The quantitative estimate of drug-likeness (QED) is 0.658. The highest BCUT2D eigenvalue weighted by Crippen LogP contribution is 2.13. The fraction of sp³-hybridized carbons (Fsp3) is 0. The van der Waals surface area contributed by atoms with Crippen molar-refractivity contribution in [2.24, 2.45) is 0 Å². The lowest BCUT2D eigenvalue weighted by Gasteiger charge is -2.08. The van der Waals surface area contributed by atoms with E-state index in [1.807, 2.05) is 0 Å². The molecular formula is C11H11BN2O4S. The summed E-state index contributed by atoms with van der Waals surface area (Å²) >= 11 is 0. The van der Waals surface area contributed by atoms with E-state index in [1.54, 1.807) is 18.2 Å². The van der Waals surface area contributed by atoms with E-state index in [2.05, 4.69) is 9.71 Å². The number of nitrogens with zero attached hydrogens (tertiary/aromatic N) is 1. The van der Waals surface area contributed by atoms with Gasteiger partial charge in [-0.25, -0.2) is 8.42 Å². The largest absolute Gasteiger partial charge is 0.490 e. The van der Waals surface area contributed by atoms with E-state index in [-0.39, 0.29) is 16.0 Å². The Morgan fingerprint density at radius 3 is 2.42 bits per heavy atom. The van der Waals surface area contributed by atoms with Crippen LogP contribution >= 0.6 is 0 Å². The van der Waals surface area contributed by atoms with Gasteiger partial charge >= 0.3 is 7.12 Å². The van der Waals surface area contributed by atoms with Crippen LogP contribution in [-0.2, 0) is 10.0 Å². The number of rotatable bonds is 4. The maximum atomic E-state index is 12.0. The highest BCUT2D eigenvalue weighted by Gasteiger charge is 2.16. The Morgan fingerprint density at radius 1 is 1.11 bits per heavy atom. The van der Waals surface area contributed by atoms with Crippen LogP contribution in [0, 0.1) is 0 Å². The monoisotopic (exact) mass is 278 g/mol. The maximum Gasteiger partial charge on any atom is 0.490 e. The molecule has 0 fully saturated rings. The second-order valence-corrected chi connectivity index (χ2v) is 5.48. The molecule has 0 aliphatic heterocycles. The van der Waals surface area contributed by atoms with E-state index in [1.165, 1.54) is 30.6 Å². The molecule has 2 aromatic rings. The first-order chi connectivity index (χ1) is 8.99. The molecule has 0 aliphatic rings. The molecule has 0 saturated heterocycles. The van der Waals surface area contributed by atoms with Gasteiger partial charge in [0.1, 0.15) is 0 Å². The Hall–Kier alpha value is -1.90. The van der Waals surface area contributed by atoms with Crippen molar-refractivity contribution in [2.75, 3.05) is 4.72 Å². The molecule has 0 aliphatic carbocycles. The third-order valence-corrected chi connectivity index (χ3v) is 3.76. The first-order valence-corrected chi connectivity index (χ1v) is 6.86. The predicted molar refractivity (Wildman–Crippen MR) is 71.3 cm³/mol. The molecule has 98 valence electrons. The number of sulfonamides is 1. The van der Waals surface area contributed by atoms with Gasteiger partial charge in [0.05, 0.1) is 16.8 Å². The number of benzene rings is 1. The Morgan fingerprint density at radius 2 is 1.79 bits per heavy atom. The average Bonchev–Trinajstić information content (AvgIpc) is 2.39. The number of hydrogen-bond acceptors (Lipinski definition) is 5. The zero-order valence-corrected chi connectivity index (χ0v) is 10.6. The van der Waals surface area contributed by atoms with Gasteiger partial charge < -0.3 is 10.0 Å². The molecule has 1 heterocycles. The van der Waals surface area contributed by atoms with Gasteiger partial charge in [-0.1, -0.05) is 18.2 Å². The van der Waals surface area contributed by atoms with Crippen molar-refractivity contribution in [1.29, 1.82) is 0 Å². The summed E-state index contributed by atoms with van der Waals surface area (Å²) in [5.41, 5.74) is 0.266. The molecule has 0 bridgehead atoms. The van der Waals surface area contributed by atoms with Crippen LogP contribution in [0.2, 0.25) is 0 Å². The van der Waals surface area contributed by atoms with Crippen molar-refractivity contribution in [3.05, 3.63) is 48.8 Å². The third-order valence-electron chi connectivity index (χ3n) is 2.36. The molecule has 1 aromatic carbocycles. The topological polar surface area (TPSA) is 99.5 Å². The molecule has 3 N–H and O–H groups in total. The Balaban J connectivity index is 2.29. The van der Waals surface area contributed by atoms with E-state index in [0.717, 1.165) is 0 Å². The second kappa shape index (κ2) is 5.39. The number of nitrogens with one attached hydrogen (secondary N) is 1. The van der Waals surface area contributed by atoms with Gasteiger partial charge in [0.15, 0.2) is 0 Å². The summed E-state index contributed by atoms with van der Waals surface area (Å²) in [6, 6.07) is 9.16. The molecule has 2 rings (SSSR count). The zero-order valence-electron chi connectivity index (χ0n) is 9.76. The summed E-state index contributed by atoms with van der Waals surface area (Å²) < 4.78 is 26.4. The second-order valence-electron chi connectivity index (χ2n) is 3.80. The maximum absolute atomic E-state index is 12.0. The van der Waals surface area contributed by atoms with Crippen molar-refractivity contribution in [3.8, 4) is 0 Å². The smallest absolute Gasteiger partial charge is 0.423 e. The third kappa shape index (κ3) is 3.31. The average molecular weight is 278 g/mol. The molecule has 0 amide bonds. The normalized spacial score (nSPS) is 11.1. The predicted octanol–water partition coefficient (Wildman–Crippen LogP) is -0.438. The van der Waals surface area contributed by atoms with Gasteiger partial charge in [0, 0.05) is 11.7 Å². The van der Waals surface area contributed by atoms with Crippen molar-refractivity contribution in [1.82, 2.24) is 4.98 Å². The highest BCUT2D eigenvalue weighted by atomic mass is 32.2. The summed E-state index contributed by atoms with van der Waals surface area (Å²) in [4.78, 5) is 3.85. The summed E-state index contributed by atoms with van der Waals surface area (Å²) in [7, 11) is -5.41. The van der Waals surface area contributed by atoms with E-state index in [0.29, 0.717) is 0 Å². The zero-order chi connectivity index (χ0) is 13.9. The molecule has 1 aromatic heterocycles. The number of hydrogen-bond donors (Lipinski definition) is 3. The summed E-state index contributed by atoms with van der Waals surface area (Å²) in [5.74, 6) is 0. The minimum Gasteiger partial charge on any atom is -0.423 e. The fourth-order valence-corrected chi connectivity index (χ4v) is 2.52. The molecule has 0 atom stereocenters. The van der Waals surface area contributed by atoms with Crippen molar-refractivity contribution in [3.63, 3.8) is 0 Å². The number of anilines is 1. The highest BCUT2D eigenvalue weighted by molar-refractivity contribution is 7.92. The molecule has 6 nitrogen and oxygen atoms in total. The lowest BCUT2D eigenvalue weighted by atomic mass is 9.81. The molecular weight excluding hydrogens is 267 g/mol. The Labute approximate surface area is 110 Å². The lowest BCUT2D eigenvalue weighted by molar-refractivity contribution is 0.425. The van der Waals surface area contributed by atoms with Crippen molar-refractivity contribution >= 4 is 28.3 Å². The Bertz CT molecular complexity index is 661. The molecule has 19 heavy (non-hydrogen) atoms. The van der Waals surface area contributed by atoms with Crippen LogP contribution < -0.4 is 10.2 Å². The first-order valence-electron chi connectivity index (χ1n) is 5.38. The van der Waals surface area contributed by atoms with Crippen LogP contribution in [0.25, 0.3) is 0 Å². The number of aromatic nitrogens is 1. The van der Waals surface area contributed by atoms with Crippen LogP contribution in [0.5, 0.6) is 0 Å². The standard InChI is InChI=1S/C11H11BN2O4S/c15-12(16)9-6-10(8-13-7-9)14-19(17,18)11-4-2-1-3-5-11/h1-8,14-16H. The van der Waals surface area contributed by atoms with Crippen LogP contribution in [0.3, 0.4) is 0 Å². The number of pyridine rings is 1. The van der Waals surface area contributed by atoms with E-state index < -0.39 is 17.1 Å².